The number of allylic oxidation sites excluding steroid dienone is 3. The van der Waals surface area contributed by atoms with Crippen LogP contribution < -0.4 is 0 Å². The van der Waals surface area contributed by atoms with Gasteiger partial charge in [-0.15, -0.1) is 11.3 Å². The Morgan fingerprint density at radius 3 is 2.50 bits per heavy atom. The van der Waals surface area contributed by atoms with E-state index in [0.29, 0.717) is 11.1 Å². The van der Waals surface area contributed by atoms with Gasteiger partial charge in [-0.3, -0.25) is 4.79 Å². The molecule has 0 aliphatic heterocycles. The quantitative estimate of drug-likeness (QED) is 0.470. The Hall–Kier alpha value is -1.35. The van der Waals surface area contributed by atoms with Crippen molar-refractivity contribution in [1.29, 1.82) is 0 Å². The topological polar surface area (TPSA) is 37.3 Å². The Bertz CT molecular complexity index is 381. The highest BCUT2D eigenvalue weighted by Gasteiger charge is 2.14. The highest BCUT2D eigenvalue weighted by atomic mass is 32.1. The molecule has 0 spiro atoms. The number of aliphatic hydroxyl groups is 1. The zero-order valence-electron chi connectivity index (χ0n) is 8.20. The van der Waals surface area contributed by atoms with Crippen molar-refractivity contribution in [2.45, 2.75) is 13.8 Å². The number of aliphatic hydroxyl groups excluding tert-OH is 1. The average Bonchev–Trinajstić information content (AvgIpc) is 2.53. The SMILES string of the molecule is C=C(C(C(C)=O)=C(C)O)c1cccs1. The van der Waals surface area contributed by atoms with Crippen molar-refractivity contribution in [2.24, 2.45) is 0 Å². The summed E-state index contributed by atoms with van der Waals surface area (Å²) in [7, 11) is 0. The fourth-order valence-corrected chi connectivity index (χ4v) is 1.96. The third-order valence-corrected chi connectivity index (χ3v) is 2.76. The number of carbonyl (C=O) groups is 1. The lowest BCUT2D eigenvalue weighted by molar-refractivity contribution is -0.113. The Balaban J connectivity index is 3.11. The number of carbonyl (C=O) groups excluding carboxylic acids is 1. The van der Waals surface area contributed by atoms with Gasteiger partial charge in [0.25, 0.3) is 0 Å². The second-order valence-electron chi connectivity index (χ2n) is 2.97. The summed E-state index contributed by atoms with van der Waals surface area (Å²) in [4.78, 5) is 12.2. The minimum Gasteiger partial charge on any atom is -0.512 e. The van der Waals surface area contributed by atoms with Crippen molar-refractivity contribution in [3.8, 4) is 0 Å². The molecule has 3 heteroatoms. The molecule has 14 heavy (non-hydrogen) atoms. The molecule has 0 unspecified atom stereocenters. The van der Waals surface area contributed by atoms with Crippen LogP contribution in [-0.4, -0.2) is 10.9 Å². The van der Waals surface area contributed by atoms with E-state index in [1.807, 2.05) is 17.5 Å². The summed E-state index contributed by atoms with van der Waals surface area (Å²) in [5.74, 6) is -0.140. The lowest BCUT2D eigenvalue weighted by Crippen LogP contribution is -2.01. The molecule has 0 aliphatic rings. The zero-order chi connectivity index (χ0) is 10.7. The molecule has 0 amide bonds. The molecule has 0 saturated heterocycles. The molecular formula is C11H12O2S. The summed E-state index contributed by atoms with van der Waals surface area (Å²) < 4.78 is 0. The second-order valence-corrected chi connectivity index (χ2v) is 3.92. The summed E-state index contributed by atoms with van der Waals surface area (Å²) in [5.41, 5.74) is 0.903. The van der Waals surface area contributed by atoms with Gasteiger partial charge in [-0.2, -0.15) is 0 Å². The largest absolute Gasteiger partial charge is 0.512 e. The van der Waals surface area contributed by atoms with Crippen LogP contribution in [0.1, 0.15) is 18.7 Å². The maximum absolute atomic E-state index is 11.2. The van der Waals surface area contributed by atoms with Gasteiger partial charge < -0.3 is 5.11 Å². The van der Waals surface area contributed by atoms with E-state index in [1.165, 1.54) is 25.2 Å². The predicted octanol–water partition coefficient (Wildman–Crippen LogP) is 3.18. The normalized spacial score (nSPS) is 12.1. The van der Waals surface area contributed by atoms with Crippen molar-refractivity contribution in [2.75, 3.05) is 0 Å². The van der Waals surface area contributed by atoms with Crippen LogP contribution in [0, 0.1) is 0 Å². The average molecular weight is 208 g/mol. The first-order chi connectivity index (χ1) is 6.54. The molecule has 1 heterocycles. The maximum Gasteiger partial charge on any atom is 0.163 e. The van der Waals surface area contributed by atoms with Crippen LogP contribution in [0.25, 0.3) is 5.57 Å². The Kier molecular flexibility index (Phi) is 3.25. The first kappa shape index (κ1) is 10.7. The highest BCUT2D eigenvalue weighted by molar-refractivity contribution is 7.11. The van der Waals surface area contributed by atoms with E-state index >= 15 is 0 Å². The lowest BCUT2D eigenvalue weighted by Gasteiger charge is -2.06. The monoisotopic (exact) mass is 208 g/mol. The summed E-state index contributed by atoms with van der Waals surface area (Å²) >= 11 is 1.50. The van der Waals surface area contributed by atoms with E-state index in [1.54, 1.807) is 0 Å². The predicted molar refractivity (Wildman–Crippen MR) is 59.4 cm³/mol. The molecule has 0 atom stereocenters. The first-order valence-corrected chi connectivity index (χ1v) is 5.06. The molecule has 1 aromatic heterocycles. The summed E-state index contributed by atoms with van der Waals surface area (Å²) in [6.45, 7) is 6.73. The van der Waals surface area contributed by atoms with Crippen LogP contribution in [0.5, 0.6) is 0 Å². The van der Waals surface area contributed by atoms with Crippen LogP contribution in [-0.2, 0) is 4.79 Å². The van der Waals surface area contributed by atoms with Crippen molar-refractivity contribution >= 4 is 22.7 Å². The molecule has 2 nitrogen and oxygen atoms in total. The van der Waals surface area contributed by atoms with E-state index in [0.717, 1.165) is 4.88 Å². The lowest BCUT2D eigenvalue weighted by atomic mass is 10.0. The molecule has 0 radical (unpaired) electrons. The van der Waals surface area contributed by atoms with Gasteiger partial charge in [0.15, 0.2) is 5.78 Å². The third kappa shape index (κ3) is 2.12. The van der Waals surface area contributed by atoms with Crippen molar-refractivity contribution in [3.63, 3.8) is 0 Å². The number of rotatable bonds is 3. The fraction of sp³-hybridized carbons (Fsp3) is 0.182. The Morgan fingerprint density at radius 2 is 2.14 bits per heavy atom. The molecule has 0 aliphatic carbocycles. The van der Waals surface area contributed by atoms with Gasteiger partial charge in [0.05, 0.1) is 5.57 Å². The minimum atomic E-state index is -0.164. The van der Waals surface area contributed by atoms with Crippen LogP contribution in [0.4, 0.5) is 0 Å². The standard InChI is InChI=1S/C11H12O2S/c1-7(10-5-4-6-14-10)11(8(2)12)9(3)13/h4-6,12H,1H2,2-3H3. The van der Waals surface area contributed by atoms with E-state index in [9.17, 15) is 9.90 Å². The molecule has 0 bridgehead atoms. The second kappa shape index (κ2) is 4.24. The van der Waals surface area contributed by atoms with Crippen LogP contribution in [0.3, 0.4) is 0 Å². The maximum atomic E-state index is 11.2. The molecule has 0 aromatic carbocycles. The zero-order valence-corrected chi connectivity index (χ0v) is 9.02. The summed E-state index contributed by atoms with van der Waals surface area (Å²) in [6.07, 6.45) is 0. The molecule has 0 fully saturated rings. The van der Waals surface area contributed by atoms with Gasteiger partial charge in [0.2, 0.25) is 0 Å². The van der Waals surface area contributed by atoms with Crippen LogP contribution in [0.2, 0.25) is 0 Å². The van der Waals surface area contributed by atoms with E-state index in [-0.39, 0.29) is 11.5 Å². The Labute approximate surface area is 87.2 Å². The van der Waals surface area contributed by atoms with Gasteiger partial charge in [-0.1, -0.05) is 12.6 Å². The number of hydrogen-bond acceptors (Lipinski definition) is 3. The summed E-state index contributed by atoms with van der Waals surface area (Å²) in [5, 5.41) is 11.3. The van der Waals surface area contributed by atoms with Gasteiger partial charge in [-0.05, 0) is 30.9 Å². The Morgan fingerprint density at radius 1 is 1.50 bits per heavy atom. The van der Waals surface area contributed by atoms with E-state index in [4.69, 9.17) is 0 Å². The van der Waals surface area contributed by atoms with Gasteiger partial charge in [0, 0.05) is 4.88 Å². The van der Waals surface area contributed by atoms with Gasteiger partial charge >= 0.3 is 0 Å². The number of thiophene rings is 1. The van der Waals surface area contributed by atoms with Gasteiger partial charge in [0.1, 0.15) is 5.76 Å². The van der Waals surface area contributed by atoms with Crippen molar-refractivity contribution in [1.82, 2.24) is 0 Å². The van der Waals surface area contributed by atoms with Crippen LogP contribution >= 0.6 is 11.3 Å². The van der Waals surface area contributed by atoms with Crippen LogP contribution in [0.15, 0.2) is 35.4 Å². The van der Waals surface area contributed by atoms with Gasteiger partial charge in [-0.25, -0.2) is 0 Å². The number of Topliss-reactive ketones (excluding diaryl/α,β-unsaturated/α-hetero) is 1. The summed E-state index contributed by atoms with van der Waals surface area (Å²) in [6, 6.07) is 3.76. The highest BCUT2D eigenvalue weighted by Crippen LogP contribution is 2.27. The fourth-order valence-electron chi connectivity index (χ4n) is 1.26. The minimum absolute atomic E-state index is 0.0240. The molecule has 1 aromatic rings. The first-order valence-electron chi connectivity index (χ1n) is 4.18. The molecule has 0 saturated carbocycles. The molecular weight excluding hydrogens is 196 g/mol. The molecule has 74 valence electrons. The third-order valence-electron chi connectivity index (χ3n) is 1.83. The number of ketones is 1. The van der Waals surface area contributed by atoms with E-state index in [2.05, 4.69) is 6.58 Å². The van der Waals surface area contributed by atoms with E-state index < -0.39 is 0 Å². The molecule has 1 N–H and O–H groups in total. The van der Waals surface area contributed by atoms with Crippen molar-refractivity contribution in [3.05, 3.63) is 40.3 Å². The molecule has 1 rings (SSSR count). The smallest absolute Gasteiger partial charge is 0.163 e. The van der Waals surface area contributed by atoms with Crippen molar-refractivity contribution < 1.29 is 9.90 Å². The number of hydrogen-bond donors (Lipinski definition) is 1.